The summed E-state index contributed by atoms with van der Waals surface area (Å²) in [4.78, 5) is 6.63. The number of sulfone groups is 1. The lowest BCUT2D eigenvalue weighted by Crippen LogP contribution is -2.44. The highest BCUT2D eigenvalue weighted by molar-refractivity contribution is 7.90. The average Bonchev–Trinajstić information content (AvgIpc) is 2.94. The van der Waals surface area contributed by atoms with Crippen molar-refractivity contribution in [2.24, 2.45) is 4.99 Å². The van der Waals surface area contributed by atoms with Crippen molar-refractivity contribution in [2.45, 2.75) is 19.4 Å². The molecule has 0 saturated carbocycles. The van der Waals surface area contributed by atoms with E-state index in [-0.39, 0.29) is 18.3 Å². The number of aliphatic imine (C=N–C) groups is 1. The molecule has 0 aliphatic carbocycles. The average molecular weight is 373 g/mol. The molecule has 1 saturated heterocycles. The molecule has 1 atom stereocenters. The third-order valence-corrected chi connectivity index (χ3v) is 4.94. The Morgan fingerprint density at radius 3 is 2.92 bits per heavy atom. The maximum Gasteiger partial charge on any atom is 0.191 e. The van der Waals surface area contributed by atoms with Gasteiger partial charge in [-0.2, -0.15) is 0 Å². The van der Waals surface area contributed by atoms with E-state index >= 15 is 0 Å². The van der Waals surface area contributed by atoms with Gasteiger partial charge < -0.3 is 15.5 Å². The molecular formula is C16H25ClN4O2S. The summed E-state index contributed by atoms with van der Waals surface area (Å²) >= 11 is 6.06. The van der Waals surface area contributed by atoms with Gasteiger partial charge in [0.2, 0.25) is 0 Å². The maximum atomic E-state index is 11.2. The van der Waals surface area contributed by atoms with Gasteiger partial charge >= 0.3 is 0 Å². The first-order valence-corrected chi connectivity index (χ1v) is 10.5. The van der Waals surface area contributed by atoms with Crippen LogP contribution in [0.15, 0.2) is 29.3 Å². The highest BCUT2D eigenvalue weighted by Gasteiger charge is 2.23. The summed E-state index contributed by atoms with van der Waals surface area (Å²) in [6, 6.07) is 8.11. The molecule has 134 valence electrons. The zero-order valence-electron chi connectivity index (χ0n) is 14.1. The fourth-order valence-electron chi connectivity index (χ4n) is 2.62. The molecule has 1 unspecified atom stereocenters. The van der Waals surface area contributed by atoms with Crippen LogP contribution in [0.2, 0.25) is 5.02 Å². The lowest BCUT2D eigenvalue weighted by Gasteiger charge is -2.20. The second kappa shape index (κ2) is 8.58. The molecule has 0 amide bonds. The molecule has 1 heterocycles. The normalized spacial score (nSPS) is 18.7. The molecule has 0 aromatic heterocycles. The van der Waals surface area contributed by atoms with Crippen molar-refractivity contribution in [3.63, 3.8) is 0 Å². The molecule has 1 aliphatic heterocycles. The predicted octanol–water partition coefficient (Wildman–Crippen LogP) is 1.52. The number of nitrogens with one attached hydrogen (secondary N) is 2. The Balaban J connectivity index is 1.92. The summed E-state index contributed by atoms with van der Waals surface area (Å²) in [7, 11) is -2.99. The fraction of sp³-hybridized carbons (Fsp3) is 0.562. The van der Waals surface area contributed by atoms with E-state index in [0.717, 1.165) is 36.8 Å². The van der Waals surface area contributed by atoms with Crippen LogP contribution in [-0.2, 0) is 9.84 Å². The first kappa shape index (κ1) is 18.9. The minimum absolute atomic E-state index is 0.0584. The van der Waals surface area contributed by atoms with Gasteiger partial charge in [-0.3, -0.25) is 4.99 Å². The van der Waals surface area contributed by atoms with Gasteiger partial charge in [-0.05, 0) is 31.5 Å². The van der Waals surface area contributed by atoms with Crippen molar-refractivity contribution < 1.29 is 8.42 Å². The van der Waals surface area contributed by atoms with Crippen molar-refractivity contribution >= 4 is 33.1 Å². The molecule has 24 heavy (non-hydrogen) atoms. The summed E-state index contributed by atoms with van der Waals surface area (Å²) < 4.78 is 22.4. The van der Waals surface area contributed by atoms with Gasteiger partial charge in [0.1, 0.15) is 9.84 Å². The summed E-state index contributed by atoms with van der Waals surface area (Å²) in [5, 5.41) is 7.29. The minimum Gasteiger partial charge on any atom is -0.369 e. The Bertz CT molecular complexity index is 678. The van der Waals surface area contributed by atoms with E-state index in [1.54, 1.807) is 0 Å². The second-order valence-electron chi connectivity index (χ2n) is 5.95. The van der Waals surface area contributed by atoms with Crippen LogP contribution >= 0.6 is 11.6 Å². The zero-order chi connectivity index (χ0) is 17.6. The van der Waals surface area contributed by atoms with Gasteiger partial charge in [0.05, 0.1) is 12.3 Å². The third-order valence-electron chi connectivity index (χ3n) is 3.78. The zero-order valence-corrected chi connectivity index (χ0v) is 15.7. The summed E-state index contributed by atoms with van der Waals surface area (Å²) in [6.07, 6.45) is 2.21. The highest BCUT2D eigenvalue weighted by Crippen LogP contribution is 2.23. The van der Waals surface area contributed by atoms with Crippen molar-refractivity contribution in [3.05, 3.63) is 29.3 Å². The summed E-state index contributed by atoms with van der Waals surface area (Å²) in [5.74, 6) is 0.724. The number of benzene rings is 1. The quantitative estimate of drug-likeness (QED) is 0.585. The van der Waals surface area contributed by atoms with Crippen LogP contribution < -0.4 is 15.5 Å². The van der Waals surface area contributed by atoms with Gasteiger partial charge in [-0.15, -0.1) is 0 Å². The lowest BCUT2D eigenvalue weighted by atomic mass is 10.3. The molecule has 8 heteroatoms. The largest absolute Gasteiger partial charge is 0.369 e. The molecule has 1 aliphatic rings. The van der Waals surface area contributed by atoms with Crippen molar-refractivity contribution in [1.29, 1.82) is 0 Å². The number of rotatable bonds is 6. The molecule has 1 aromatic rings. The van der Waals surface area contributed by atoms with E-state index in [1.165, 1.54) is 6.26 Å². The van der Waals surface area contributed by atoms with E-state index in [0.29, 0.717) is 5.96 Å². The molecule has 1 fully saturated rings. The van der Waals surface area contributed by atoms with Crippen LogP contribution in [0.3, 0.4) is 0 Å². The number of anilines is 1. The van der Waals surface area contributed by atoms with Gasteiger partial charge in [-0.1, -0.05) is 17.7 Å². The molecule has 2 N–H and O–H groups in total. The van der Waals surface area contributed by atoms with Gasteiger partial charge in [0.15, 0.2) is 5.96 Å². The van der Waals surface area contributed by atoms with Gasteiger partial charge in [0, 0.05) is 42.6 Å². The van der Waals surface area contributed by atoms with E-state index in [4.69, 9.17) is 11.6 Å². The second-order valence-corrected chi connectivity index (χ2v) is 8.64. The summed E-state index contributed by atoms with van der Waals surface area (Å²) in [6.45, 7) is 4.78. The molecule has 2 rings (SSSR count). The van der Waals surface area contributed by atoms with Crippen molar-refractivity contribution in [3.8, 4) is 0 Å². The monoisotopic (exact) mass is 372 g/mol. The molecule has 0 bridgehead atoms. The highest BCUT2D eigenvalue weighted by atomic mass is 35.5. The number of guanidine groups is 1. The van der Waals surface area contributed by atoms with Crippen LogP contribution in [0.5, 0.6) is 0 Å². The first-order chi connectivity index (χ1) is 11.4. The lowest BCUT2D eigenvalue weighted by molar-refractivity contribution is 0.601. The topological polar surface area (TPSA) is 73.8 Å². The number of hydrogen-bond donors (Lipinski definition) is 2. The van der Waals surface area contributed by atoms with Crippen LogP contribution in [0.1, 0.15) is 13.3 Å². The van der Waals surface area contributed by atoms with E-state index < -0.39 is 9.84 Å². The Morgan fingerprint density at radius 2 is 2.25 bits per heavy atom. The maximum absolute atomic E-state index is 11.2. The third kappa shape index (κ3) is 6.20. The molecule has 0 spiro atoms. The molecule has 6 nitrogen and oxygen atoms in total. The predicted molar refractivity (Wildman–Crippen MR) is 101 cm³/mol. The van der Waals surface area contributed by atoms with E-state index in [9.17, 15) is 8.42 Å². The van der Waals surface area contributed by atoms with Crippen molar-refractivity contribution in [1.82, 2.24) is 10.6 Å². The number of nitrogens with zero attached hydrogens (tertiary/aromatic N) is 2. The fourth-order valence-corrected chi connectivity index (χ4v) is 3.23. The van der Waals surface area contributed by atoms with Gasteiger partial charge in [0.25, 0.3) is 0 Å². The number of halogens is 1. The van der Waals surface area contributed by atoms with Crippen molar-refractivity contribution in [2.75, 3.05) is 43.1 Å². The number of hydrogen-bond acceptors (Lipinski definition) is 4. The van der Waals surface area contributed by atoms with Gasteiger partial charge in [-0.25, -0.2) is 8.42 Å². The van der Waals surface area contributed by atoms with Crippen LogP contribution in [0.25, 0.3) is 0 Å². The smallest absolute Gasteiger partial charge is 0.191 e. The first-order valence-electron chi connectivity index (χ1n) is 8.10. The minimum atomic E-state index is -2.99. The molecule has 0 radical (unpaired) electrons. The van der Waals surface area contributed by atoms with Crippen LogP contribution in [0, 0.1) is 0 Å². The molecular weight excluding hydrogens is 348 g/mol. The summed E-state index contributed by atoms with van der Waals surface area (Å²) in [5.41, 5.74) is 1.12. The molecule has 1 aromatic carbocycles. The Labute approximate surface area is 149 Å². The van der Waals surface area contributed by atoms with Crippen LogP contribution in [0.4, 0.5) is 5.69 Å². The Kier molecular flexibility index (Phi) is 6.74. The Morgan fingerprint density at radius 1 is 1.46 bits per heavy atom. The SMILES string of the molecule is CCNC(=NCCS(C)(=O)=O)NC1CCN(c2cccc(Cl)c2)C1. The van der Waals surface area contributed by atoms with E-state index in [2.05, 4.69) is 26.6 Å². The Hall–Kier alpha value is -1.47. The van der Waals surface area contributed by atoms with Crippen LogP contribution in [-0.4, -0.2) is 58.6 Å². The standard InChI is InChI=1S/C16H25ClN4O2S/c1-3-18-16(19-8-10-24(2,22)23)20-14-7-9-21(12-14)15-6-4-5-13(17)11-15/h4-6,11,14H,3,7-10,12H2,1-2H3,(H2,18,19,20). The van der Waals surface area contributed by atoms with E-state index in [1.807, 2.05) is 25.1 Å².